The van der Waals surface area contributed by atoms with Gasteiger partial charge in [0, 0.05) is 6.04 Å². The highest BCUT2D eigenvalue weighted by atomic mass is 19.1. The number of ether oxygens (including phenoxy) is 1. The van der Waals surface area contributed by atoms with E-state index in [1.807, 2.05) is 44.3 Å². The van der Waals surface area contributed by atoms with Crippen molar-refractivity contribution in [3.8, 4) is 5.75 Å². The van der Waals surface area contributed by atoms with Crippen molar-refractivity contribution >= 4 is 0 Å². The van der Waals surface area contributed by atoms with Gasteiger partial charge >= 0.3 is 0 Å². The first-order chi connectivity index (χ1) is 10.2. The fourth-order valence-corrected chi connectivity index (χ4v) is 2.32. The first-order valence-electron chi connectivity index (χ1n) is 7.28. The lowest BCUT2D eigenvalue weighted by atomic mass is 10.0. The van der Waals surface area contributed by atoms with Gasteiger partial charge in [-0.1, -0.05) is 24.3 Å². The first kappa shape index (κ1) is 15.5. The quantitative estimate of drug-likeness (QED) is 0.837. The van der Waals surface area contributed by atoms with Crippen molar-refractivity contribution in [2.45, 2.75) is 25.8 Å². The highest BCUT2D eigenvalue weighted by Gasteiger charge is 2.08. The monoisotopic (exact) mass is 287 g/mol. The van der Waals surface area contributed by atoms with Gasteiger partial charge < -0.3 is 10.1 Å². The third-order valence-corrected chi connectivity index (χ3v) is 3.50. The number of nitrogens with one attached hydrogen (secondary N) is 1. The van der Waals surface area contributed by atoms with Crippen LogP contribution >= 0.6 is 0 Å². The molecule has 0 fully saturated rings. The summed E-state index contributed by atoms with van der Waals surface area (Å²) in [6.07, 6.45) is 1.67. The smallest absolute Gasteiger partial charge is 0.123 e. The van der Waals surface area contributed by atoms with Gasteiger partial charge in [0.25, 0.3) is 0 Å². The van der Waals surface area contributed by atoms with Crippen LogP contribution in [0.1, 0.15) is 17.5 Å². The summed E-state index contributed by atoms with van der Waals surface area (Å²) in [6.45, 7) is 2.69. The Morgan fingerprint density at radius 3 is 2.67 bits per heavy atom. The molecule has 0 aliphatic heterocycles. The predicted octanol–water partition coefficient (Wildman–Crippen LogP) is 3.73. The summed E-state index contributed by atoms with van der Waals surface area (Å²) in [7, 11) is 1.93. The SMILES string of the molecule is CNC(CCOc1cccc(C)c1)Cc1cccc(F)c1. The summed E-state index contributed by atoms with van der Waals surface area (Å²) in [5.41, 5.74) is 2.20. The molecule has 2 rings (SSSR count). The van der Waals surface area contributed by atoms with E-state index in [1.54, 1.807) is 12.1 Å². The van der Waals surface area contributed by atoms with E-state index < -0.39 is 0 Å². The van der Waals surface area contributed by atoms with Crippen LogP contribution in [0.15, 0.2) is 48.5 Å². The van der Waals surface area contributed by atoms with E-state index in [2.05, 4.69) is 5.32 Å². The average molecular weight is 287 g/mol. The van der Waals surface area contributed by atoms with Gasteiger partial charge in [0.05, 0.1) is 6.61 Å². The molecule has 0 saturated heterocycles. The molecule has 0 aliphatic rings. The zero-order chi connectivity index (χ0) is 15.1. The topological polar surface area (TPSA) is 21.3 Å². The number of likely N-dealkylation sites (N-methyl/N-ethyl adjacent to an activating group) is 1. The van der Waals surface area contributed by atoms with Crippen LogP contribution in [0, 0.1) is 12.7 Å². The predicted molar refractivity (Wildman–Crippen MR) is 84.2 cm³/mol. The van der Waals surface area contributed by atoms with Crippen LogP contribution in [0.3, 0.4) is 0 Å². The molecule has 21 heavy (non-hydrogen) atoms. The molecule has 112 valence electrons. The maximum atomic E-state index is 13.2. The maximum Gasteiger partial charge on any atom is 0.123 e. The minimum Gasteiger partial charge on any atom is -0.494 e. The van der Waals surface area contributed by atoms with E-state index in [4.69, 9.17) is 4.74 Å². The van der Waals surface area contributed by atoms with Crippen molar-refractivity contribution < 1.29 is 9.13 Å². The summed E-state index contributed by atoms with van der Waals surface area (Å²) >= 11 is 0. The highest BCUT2D eigenvalue weighted by Crippen LogP contribution is 2.13. The lowest BCUT2D eigenvalue weighted by Crippen LogP contribution is -2.29. The Labute approximate surface area is 126 Å². The third-order valence-electron chi connectivity index (χ3n) is 3.50. The fraction of sp³-hybridized carbons (Fsp3) is 0.333. The van der Waals surface area contributed by atoms with E-state index >= 15 is 0 Å². The average Bonchev–Trinajstić information content (AvgIpc) is 2.46. The standard InChI is InChI=1S/C18H22FNO/c1-14-5-3-8-18(11-14)21-10-9-17(20-2)13-15-6-4-7-16(19)12-15/h3-8,11-12,17,20H,9-10,13H2,1-2H3. The molecule has 0 radical (unpaired) electrons. The minimum absolute atomic E-state index is 0.182. The van der Waals surface area contributed by atoms with Crippen molar-refractivity contribution in [1.82, 2.24) is 5.32 Å². The van der Waals surface area contributed by atoms with E-state index in [-0.39, 0.29) is 11.9 Å². The molecule has 0 spiro atoms. The van der Waals surface area contributed by atoms with Crippen LogP contribution in [-0.2, 0) is 6.42 Å². The third kappa shape index (κ3) is 5.20. The lowest BCUT2D eigenvalue weighted by molar-refractivity contribution is 0.288. The van der Waals surface area contributed by atoms with Crippen molar-refractivity contribution in [2.24, 2.45) is 0 Å². The molecular formula is C18H22FNO. The summed E-state index contributed by atoms with van der Waals surface area (Å²) < 4.78 is 19.0. The van der Waals surface area contributed by atoms with Crippen molar-refractivity contribution in [2.75, 3.05) is 13.7 Å². The van der Waals surface area contributed by atoms with Gasteiger partial charge in [-0.15, -0.1) is 0 Å². The minimum atomic E-state index is -0.182. The lowest BCUT2D eigenvalue weighted by Gasteiger charge is -2.17. The number of halogens is 1. The number of hydrogen-bond acceptors (Lipinski definition) is 2. The molecule has 2 nitrogen and oxygen atoms in total. The molecule has 2 aromatic rings. The summed E-state index contributed by atoms with van der Waals surface area (Å²) in [5, 5.41) is 3.27. The molecule has 0 aromatic heterocycles. The first-order valence-corrected chi connectivity index (χ1v) is 7.28. The van der Waals surface area contributed by atoms with Crippen LogP contribution < -0.4 is 10.1 Å². The Balaban J connectivity index is 1.82. The van der Waals surface area contributed by atoms with Gasteiger partial charge in [-0.25, -0.2) is 4.39 Å². The Kier molecular flexibility index (Phi) is 5.76. The van der Waals surface area contributed by atoms with Crippen LogP contribution in [0.4, 0.5) is 4.39 Å². The highest BCUT2D eigenvalue weighted by molar-refractivity contribution is 5.27. The molecule has 1 N–H and O–H groups in total. The molecule has 0 heterocycles. The van der Waals surface area contributed by atoms with E-state index in [0.29, 0.717) is 6.61 Å². The van der Waals surface area contributed by atoms with Crippen molar-refractivity contribution in [3.05, 3.63) is 65.5 Å². The number of aryl methyl sites for hydroxylation is 1. The van der Waals surface area contributed by atoms with Crippen LogP contribution in [0.25, 0.3) is 0 Å². The summed E-state index contributed by atoms with van der Waals surface area (Å²) in [6, 6.07) is 15.1. The van der Waals surface area contributed by atoms with E-state index in [1.165, 1.54) is 11.6 Å². The second kappa shape index (κ2) is 7.79. The van der Waals surface area contributed by atoms with Crippen LogP contribution in [-0.4, -0.2) is 19.7 Å². The number of benzene rings is 2. The Morgan fingerprint density at radius 2 is 1.95 bits per heavy atom. The number of rotatable bonds is 7. The summed E-state index contributed by atoms with van der Waals surface area (Å²) in [4.78, 5) is 0. The second-order valence-corrected chi connectivity index (χ2v) is 5.27. The molecule has 0 amide bonds. The fourth-order valence-electron chi connectivity index (χ4n) is 2.32. The Hall–Kier alpha value is -1.87. The molecule has 3 heteroatoms. The van der Waals surface area contributed by atoms with Gasteiger partial charge in [-0.05, 0) is 62.2 Å². The molecule has 1 atom stereocenters. The molecule has 1 unspecified atom stereocenters. The molecule has 0 saturated carbocycles. The largest absolute Gasteiger partial charge is 0.494 e. The van der Waals surface area contributed by atoms with Gasteiger partial charge in [0.15, 0.2) is 0 Å². The van der Waals surface area contributed by atoms with Gasteiger partial charge in [0.1, 0.15) is 11.6 Å². The van der Waals surface area contributed by atoms with Crippen molar-refractivity contribution in [1.29, 1.82) is 0 Å². The van der Waals surface area contributed by atoms with Gasteiger partial charge in [0.2, 0.25) is 0 Å². The zero-order valence-corrected chi connectivity index (χ0v) is 12.6. The molecule has 2 aromatic carbocycles. The van der Waals surface area contributed by atoms with Gasteiger partial charge in [-0.3, -0.25) is 0 Å². The normalized spacial score (nSPS) is 12.1. The maximum absolute atomic E-state index is 13.2. The zero-order valence-electron chi connectivity index (χ0n) is 12.6. The van der Waals surface area contributed by atoms with Crippen molar-refractivity contribution in [3.63, 3.8) is 0 Å². The summed E-state index contributed by atoms with van der Waals surface area (Å²) in [5.74, 6) is 0.717. The van der Waals surface area contributed by atoms with E-state index in [9.17, 15) is 4.39 Å². The van der Waals surface area contributed by atoms with E-state index in [0.717, 1.165) is 24.2 Å². The van der Waals surface area contributed by atoms with Gasteiger partial charge in [-0.2, -0.15) is 0 Å². The molecule has 0 aliphatic carbocycles. The number of hydrogen-bond donors (Lipinski definition) is 1. The Bertz CT molecular complexity index is 571. The molecular weight excluding hydrogens is 265 g/mol. The Morgan fingerprint density at radius 1 is 1.14 bits per heavy atom. The second-order valence-electron chi connectivity index (χ2n) is 5.27. The molecule has 0 bridgehead atoms. The van der Waals surface area contributed by atoms with Crippen LogP contribution in [0.2, 0.25) is 0 Å². The van der Waals surface area contributed by atoms with Crippen LogP contribution in [0.5, 0.6) is 5.75 Å².